The van der Waals surface area contributed by atoms with E-state index in [0.717, 1.165) is 64.5 Å². The van der Waals surface area contributed by atoms with Crippen molar-refractivity contribution in [3.63, 3.8) is 0 Å². The Labute approximate surface area is 192 Å². The summed E-state index contributed by atoms with van der Waals surface area (Å²) in [5.41, 5.74) is 3.76. The third kappa shape index (κ3) is 6.71. The summed E-state index contributed by atoms with van der Waals surface area (Å²) in [7, 11) is 1.84. The van der Waals surface area contributed by atoms with E-state index in [1.165, 1.54) is 16.8 Å². The number of hydrogen-bond donors (Lipinski definition) is 2. The van der Waals surface area contributed by atoms with Crippen LogP contribution in [0, 0.1) is 0 Å². The van der Waals surface area contributed by atoms with E-state index in [-0.39, 0.29) is 0 Å². The van der Waals surface area contributed by atoms with Crippen molar-refractivity contribution < 1.29 is 9.47 Å². The van der Waals surface area contributed by atoms with E-state index >= 15 is 0 Å². The van der Waals surface area contributed by atoms with Gasteiger partial charge >= 0.3 is 0 Å². The van der Waals surface area contributed by atoms with Gasteiger partial charge in [-0.25, -0.2) is 0 Å². The molecule has 6 nitrogen and oxygen atoms in total. The lowest BCUT2D eigenvalue weighted by Gasteiger charge is -2.34. The number of hydrogen-bond acceptors (Lipinski definition) is 4. The molecule has 2 fully saturated rings. The number of nitrogens with zero attached hydrogens (tertiary/aromatic N) is 2. The number of anilines is 1. The summed E-state index contributed by atoms with van der Waals surface area (Å²) in [5.74, 6) is 0.868. The first-order valence-corrected chi connectivity index (χ1v) is 11.8. The SMILES string of the molecule is CN=C(NCc1cccc(COC2CCOCC2)c1)NC1CCN(c2ccccc2)CC1. The molecule has 2 heterocycles. The van der Waals surface area contributed by atoms with E-state index in [9.17, 15) is 0 Å². The summed E-state index contributed by atoms with van der Waals surface area (Å²) in [4.78, 5) is 6.90. The van der Waals surface area contributed by atoms with Crippen molar-refractivity contribution in [2.45, 2.75) is 51.0 Å². The molecule has 2 aliphatic rings. The number of benzene rings is 2. The Kier molecular flexibility index (Phi) is 8.40. The number of rotatable bonds is 7. The zero-order valence-corrected chi connectivity index (χ0v) is 19.1. The van der Waals surface area contributed by atoms with E-state index in [4.69, 9.17) is 9.47 Å². The summed E-state index contributed by atoms with van der Waals surface area (Å²) in [6.07, 6.45) is 4.52. The minimum absolute atomic E-state index is 0.321. The lowest BCUT2D eigenvalue weighted by molar-refractivity contribution is -0.0390. The topological polar surface area (TPSA) is 58.1 Å². The first-order valence-electron chi connectivity index (χ1n) is 11.8. The van der Waals surface area contributed by atoms with Gasteiger partial charge in [0.1, 0.15) is 0 Å². The number of piperidine rings is 1. The van der Waals surface area contributed by atoms with E-state index in [1.54, 1.807) is 0 Å². The van der Waals surface area contributed by atoms with E-state index < -0.39 is 0 Å². The maximum atomic E-state index is 6.07. The first-order chi connectivity index (χ1) is 15.8. The molecule has 0 radical (unpaired) electrons. The smallest absolute Gasteiger partial charge is 0.191 e. The van der Waals surface area contributed by atoms with Crippen LogP contribution >= 0.6 is 0 Å². The average molecular weight is 437 g/mol. The van der Waals surface area contributed by atoms with E-state index in [2.05, 4.69) is 75.1 Å². The molecule has 2 aromatic carbocycles. The molecule has 0 saturated carbocycles. The number of ether oxygens (including phenoxy) is 2. The third-order valence-corrected chi connectivity index (χ3v) is 6.29. The average Bonchev–Trinajstić information content (AvgIpc) is 2.87. The summed E-state index contributed by atoms with van der Waals surface area (Å²) in [6.45, 7) is 5.15. The highest BCUT2D eigenvalue weighted by atomic mass is 16.5. The summed E-state index contributed by atoms with van der Waals surface area (Å²) in [5, 5.41) is 7.08. The van der Waals surface area contributed by atoms with Crippen molar-refractivity contribution in [3.05, 3.63) is 65.7 Å². The summed E-state index contributed by atoms with van der Waals surface area (Å²) in [6, 6.07) is 19.7. The zero-order chi connectivity index (χ0) is 22.0. The van der Waals surface area contributed by atoms with Gasteiger partial charge in [-0.3, -0.25) is 4.99 Å². The fourth-order valence-corrected chi connectivity index (χ4v) is 4.38. The predicted molar refractivity (Wildman–Crippen MR) is 130 cm³/mol. The molecule has 2 saturated heterocycles. The standard InChI is InChI=1S/C26H36N4O2/c1-27-26(29-23-10-14-30(15-11-23)24-8-3-2-4-9-24)28-19-21-6-5-7-22(18-21)20-32-25-12-16-31-17-13-25/h2-9,18,23,25H,10-17,19-20H2,1H3,(H2,27,28,29). The normalized spacial score (nSPS) is 18.5. The molecule has 0 bridgehead atoms. The van der Waals surface area contributed by atoms with Crippen molar-refractivity contribution in [1.82, 2.24) is 10.6 Å². The van der Waals surface area contributed by atoms with Crippen LogP contribution in [0.2, 0.25) is 0 Å². The highest BCUT2D eigenvalue weighted by Crippen LogP contribution is 2.19. The van der Waals surface area contributed by atoms with Crippen LogP contribution in [-0.2, 0) is 22.6 Å². The van der Waals surface area contributed by atoms with Gasteiger partial charge in [-0.2, -0.15) is 0 Å². The fourth-order valence-electron chi connectivity index (χ4n) is 4.38. The Balaban J connectivity index is 1.21. The van der Waals surface area contributed by atoms with Gasteiger partial charge in [-0.1, -0.05) is 42.5 Å². The molecule has 32 heavy (non-hydrogen) atoms. The highest BCUT2D eigenvalue weighted by molar-refractivity contribution is 5.80. The Hall–Kier alpha value is -2.57. The van der Waals surface area contributed by atoms with Crippen LogP contribution in [0.4, 0.5) is 5.69 Å². The Morgan fingerprint density at radius 1 is 1.00 bits per heavy atom. The monoisotopic (exact) mass is 436 g/mol. The van der Waals surface area contributed by atoms with Crippen molar-refractivity contribution in [3.8, 4) is 0 Å². The van der Waals surface area contributed by atoms with Gasteiger partial charge in [0.2, 0.25) is 0 Å². The van der Waals surface area contributed by atoms with Gasteiger partial charge in [0.05, 0.1) is 12.7 Å². The van der Waals surface area contributed by atoms with Crippen molar-refractivity contribution in [2.75, 3.05) is 38.3 Å². The Morgan fingerprint density at radius 2 is 1.75 bits per heavy atom. The largest absolute Gasteiger partial charge is 0.381 e. The third-order valence-electron chi connectivity index (χ3n) is 6.29. The molecule has 0 aromatic heterocycles. The van der Waals surface area contributed by atoms with Crippen molar-refractivity contribution >= 4 is 11.6 Å². The molecule has 0 aliphatic carbocycles. The number of nitrogens with one attached hydrogen (secondary N) is 2. The van der Waals surface area contributed by atoms with Gasteiger partial charge in [0, 0.05) is 51.6 Å². The van der Waals surface area contributed by atoms with Crippen LogP contribution in [0.15, 0.2) is 59.6 Å². The number of para-hydroxylation sites is 1. The maximum Gasteiger partial charge on any atom is 0.191 e. The second-order valence-electron chi connectivity index (χ2n) is 8.61. The number of aliphatic imine (C=N–C) groups is 1. The van der Waals surface area contributed by atoms with Crippen LogP contribution in [0.1, 0.15) is 36.8 Å². The van der Waals surface area contributed by atoms with E-state index in [1.807, 2.05) is 7.05 Å². The van der Waals surface area contributed by atoms with Gasteiger partial charge in [-0.15, -0.1) is 0 Å². The highest BCUT2D eigenvalue weighted by Gasteiger charge is 2.20. The van der Waals surface area contributed by atoms with Crippen LogP contribution in [0.3, 0.4) is 0 Å². The predicted octanol–water partition coefficient (Wildman–Crippen LogP) is 3.72. The summed E-state index contributed by atoms with van der Waals surface area (Å²) >= 11 is 0. The van der Waals surface area contributed by atoms with Gasteiger partial charge in [0.25, 0.3) is 0 Å². The fraction of sp³-hybridized carbons (Fsp3) is 0.500. The second kappa shape index (κ2) is 11.9. The molecule has 4 rings (SSSR count). The molecule has 0 unspecified atom stereocenters. The molecule has 2 aromatic rings. The lowest BCUT2D eigenvalue weighted by Crippen LogP contribution is -2.48. The quantitative estimate of drug-likeness (QED) is 0.512. The minimum Gasteiger partial charge on any atom is -0.381 e. The Bertz CT molecular complexity index is 844. The zero-order valence-electron chi connectivity index (χ0n) is 19.1. The minimum atomic E-state index is 0.321. The molecular weight excluding hydrogens is 400 g/mol. The first kappa shape index (κ1) is 22.6. The molecule has 0 spiro atoms. The van der Waals surface area contributed by atoms with Crippen LogP contribution in [0.25, 0.3) is 0 Å². The molecule has 6 heteroatoms. The molecule has 2 aliphatic heterocycles. The molecule has 172 valence electrons. The van der Waals surface area contributed by atoms with Gasteiger partial charge in [0.15, 0.2) is 5.96 Å². The van der Waals surface area contributed by atoms with Gasteiger partial charge in [-0.05, 0) is 48.9 Å². The Morgan fingerprint density at radius 3 is 2.50 bits per heavy atom. The van der Waals surface area contributed by atoms with E-state index in [0.29, 0.717) is 18.8 Å². The van der Waals surface area contributed by atoms with Crippen LogP contribution < -0.4 is 15.5 Å². The lowest BCUT2D eigenvalue weighted by atomic mass is 10.0. The molecule has 2 N–H and O–H groups in total. The van der Waals surface area contributed by atoms with Gasteiger partial charge < -0.3 is 25.0 Å². The molecule has 0 amide bonds. The molecular formula is C26H36N4O2. The summed E-state index contributed by atoms with van der Waals surface area (Å²) < 4.78 is 11.5. The maximum absolute atomic E-state index is 6.07. The van der Waals surface area contributed by atoms with Crippen LogP contribution in [-0.4, -0.2) is 51.5 Å². The number of guanidine groups is 1. The van der Waals surface area contributed by atoms with Crippen molar-refractivity contribution in [1.29, 1.82) is 0 Å². The second-order valence-corrected chi connectivity index (χ2v) is 8.61. The molecule has 0 atom stereocenters. The van der Waals surface area contributed by atoms with Crippen LogP contribution in [0.5, 0.6) is 0 Å². The van der Waals surface area contributed by atoms with Crippen molar-refractivity contribution in [2.24, 2.45) is 4.99 Å².